The summed E-state index contributed by atoms with van der Waals surface area (Å²) in [5.41, 5.74) is -0.0167. The van der Waals surface area contributed by atoms with Crippen molar-refractivity contribution in [3.05, 3.63) is 21.7 Å². The molecule has 4 nitrogen and oxygen atoms in total. The number of hydrogen-bond donors (Lipinski definition) is 1. The topological polar surface area (TPSA) is 55.0 Å². The number of hydrogen-bond acceptors (Lipinski definition) is 3. The minimum atomic E-state index is -0.359. The first-order chi connectivity index (χ1) is 13.4. The van der Waals surface area contributed by atoms with Crippen LogP contribution in [0.4, 0.5) is 0 Å². The zero-order valence-electron chi connectivity index (χ0n) is 19.6. The maximum Gasteiger partial charge on any atom is 0.258 e. The fourth-order valence-electron chi connectivity index (χ4n) is 6.87. The zero-order chi connectivity index (χ0) is 21.2. The summed E-state index contributed by atoms with van der Waals surface area (Å²) < 4.78 is 6.57. The summed E-state index contributed by atoms with van der Waals surface area (Å²) in [6, 6.07) is 0. The smallest absolute Gasteiger partial charge is 0.258 e. The second-order valence-electron chi connectivity index (χ2n) is 11.8. The molecule has 0 spiro atoms. The van der Waals surface area contributed by atoms with Crippen molar-refractivity contribution in [1.82, 2.24) is 9.97 Å². The Morgan fingerprint density at radius 2 is 1.72 bits per heavy atom. The number of H-pyrrole nitrogens is 1. The summed E-state index contributed by atoms with van der Waals surface area (Å²) in [7, 11) is 0. The second kappa shape index (κ2) is 6.59. The van der Waals surface area contributed by atoms with Gasteiger partial charge < -0.3 is 9.72 Å². The van der Waals surface area contributed by atoms with E-state index in [1.807, 2.05) is 0 Å². The Labute approximate surface area is 176 Å². The van der Waals surface area contributed by atoms with Crippen molar-refractivity contribution in [1.29, 1.82) is 0 Å². The highest BCUT2D eigenvalue weighted by atomic mass is 16.5. The molecule has 1 aromatic rings. The standard InChI is InChI=1S/C25H40N2O2/c1-16-13-14-25(7)23(4,5)29-20-18(24(25,6)15-16)19(28)26-21(27-20)22(2,3)17-11-9-8-10-12-17/h16-17H,8-15H2,1-7H3,(H,26,27,28)/t16-,24+,25+/m1/s1. The van der Waals surface area contributed by atoms with Gasteiger partial charge in [0.25, 0.3) is 5.56 Å². The van der Waals surface area contributed by atoms with Crippen LogP contribution >= 0.6 is 0 Å². The number of aromatic amines is 1. The Balaban J connectivity index is 1.85. The van der Waals surface area contributed by atoms with E-state index in [0.29, 0.717) is 17.7 Å². The first-order valence-electron chi connectivity index (χ1n) is 11.8. The molecule has 29 heavy (non-hydrogen) atoms. The second-order valence-corrected chi connectivity index (χ2v) is 11.8. The minimum absolute atomic E-state index is 0.0206. The normalized spacial score (nSPS) is 34.8. The Hall–Kier alpha value is -1.32. The Kier molecular flexibility index (Phi) is 4.76. The lowest BCUT2D eigenvalue weighted by Crippen LogP contribution is -2.64. The van der Waals surface area contributed by atoms with E-state index in [0.717, 1.165) is 24.2 Å². The first-order valence-corrected chi connectivity index (χ1v) is 11.8. The van der Waals surface area contributed by atoms with Crippen LogP contribution in [0.15, 0.2) is 4.79 Å². The average Bonchev–Trinajstić information content (AvgIpc) is 2.64. The van der Waals surface area contributed by atoms with Crippen LogP contribution in [0.2, 0.25) is 0 Å². The van der Waals surface area contributed by atoms with Crippen molar-refractivity contribution in [2.75, 3.05) is 0 Å². The Morgan fingerprint density at radius 3 is 2.38 bits per heavy atom. The molecule has 0 radical (unpaired) electrons. The average molecular weight is 401 g/mol. The number of nitrogens with zero attached hydrogens (tertiary/aromatic N) is 1. The van der Waals surface area contributed by atoms with Crippen LogP contribution < -0.4 is 10.3 Å². The van der Waals surface area contributed by atoms with Gasteiger partial charge in [0.1, 0.15) is 11.4 Å². The van der Waals surface area contributed by atoms with Gasteiger partial charge in [0, 0.05) is 16.2 Å². The largest absolute Gasteiger partial charge is 0.471 e. The fourth-order valence-corrected chi connectivity index (χ4v) is 6.87. The van der Waals surface area contributed by atoms with Crippen LogP contribution in [0, 0.1) is 17.3 Å². The van der Waals surface area contributed by atoms with E-state index in [9.17, 15) is 4.79 Å². The predicted octanol–water partition coefficient (Wildman–Crippen LogP) is 5.88. The summed E-state index contributed by atoms with van der Waals surface area (Å²) in [5, 5.41) is 0. The van der Waals surface area contributed by atoms with Crippen LogP contribution in [0.3, 0.4) is 0 Å². The van der Waals surface area contributed by atoms with E-state index in [1.54, 1.807) is 0 Å². The molecule has 4 rings (SSSR count). The van der Waals surface area contributed by atoms with E-state index < -0.39 is 0 Å². The lowest BCUT2D eigenvalue weighted by Gasteiger charge is -2.61. The highest BCUT2D eigenvalue weighted by Crippen LogP contribution is 2.62. The summed E-state index contributed by atoms with van der Waals surface area (Å²) >= 11 is 0. The molecule has 2 fully saturated rings. The number of fused-ring (bicyclic) bond motifs is 3. The molecular formula is C25H40N2O2. The van der Waals surface area contributed by atoms with Gasteiger partial charge in [0.15, 0.2) is 0 Å². The van der Waals surface area contributed by atoms with Crippen LogP contribution in [-0.4, -0.2) is 15.6 Å². The van der Waals surface area contributed by atoms with E-state index in [-0.39, 0.29) is 27.4 Å². The van der Waals surface area contributed by atoms with Crippen molar-refractivity contribution in [3.63, 3.8) is 0 Å². The van der Waals surface area contributed by atoms with Crippen LogP contribution in [0.1, 0.15) is 111 Å². The van der Waals surface area contributed by atoms with Gasteiger partial charge in [-0.3, -0.25) is 4.79 Å². The molecule has 1 aromatic heterocycles. The highest BCUT2D eigenvalue weighted by Gasteiger charge is 2.63. The monoisotopic (exact) mass is 400 g/mol. The SMILES string of the molecule is C[C@@H]1CC[C@@]2(C)C(C)(C)Oc3nc(C(C)(C)C4CCCCC4)[nH]c(=O)c3[C@]2(C)C1. The highest BCUT2D eigenvalue weighted by molar-refractivity contribution is 5.41. The molecule has 162 valence electrons. The number of ether oxygens (including phenoxy) is 1. The van der Waals surface area contributed by atoms with Crippen LogP contribution in [0.5, 0.6) is 5.88 Å². The maximum absolute atomic E-state index is 13.6. The number of aromatic nitrogens is 2. The van der Waals surface area contributed by atoms with Crippen molar-refractivity contribution < 1.29 is 4.74 Å². The van der Waals surface area contributed by atoms with Crippen molar-refractivity contribution >= 4 is 0 Å². The first kappa shape index (κ1) is 20.9. The third kappa shape index (κ3) is 2.91. The molecule has 0 unspecified atom stereocenters. The Bertz CT molecular complexity index is 849. The quantitative estimate of drug-likeness (QED) is 0.674. The Morgan fingerprint density at radius 1 is 1.07 bits per heavy atom. The molecule has 0 aromatic carbocycles. The summed E-state index contributed by atoms with van der Waals surface area (Å²) in [6.07, 6.45) is 9.59. The van der Waals surface area contributed by atoms with Gasteiger partial charge >= 0.3 is 0 Å². The predicted molar refractivity (Wildman–Crippen MR) is 118 cm³/mol. The van der Waals surface area contributed by atoms with E-state index in [4.69, 9.17) is 9.72 Å². The van der Waals surface area contributed by atoms with Gasteiger partial charge in [-0.1, -0.05) is 53.9 Å². The van der Waals surface area contributed by atoms with Gasteiger partial charge in [-0.05, 0) is 57.8 Å². The summed E-state index contributed by atoms with van der Waals surface area (Å²) in [6.45, 7) is 15.8. The molecule has 1 N–H and O–H groups in total. The van der Waals surface area contributed by atoms with E-state index in [1.165, 1.54) is 38.5 Å². The van der Waals surface area contributed by atoms with E-state index >= 15 is 0 Å². The third-order valence-corrected chi connectivity index (χ3v) is 9.47. The van der Waals surface area contributed by atoms with Crippen LogP contribution in [0.25, 0.3) is 0 Å². The lowest BCUT2D eigenvalue weighted by molar-refractivity contribution is -0.124. The molecule has 2 saturated carbocycles. The molecule has 4 heteroatoms. The molecular weight excluding hydrogens is 360 g/mol. The number of nitrogens with one attached hydrogen (secondary N) is 1. The minimum Gasteiger partial charge on any atom is -0.471 e. The van der Waals surface area contributed by atoms with Crippen molar-refractivity contribution in [2.24, 2.45) is 17.3 Å². The van der Waals surface area contributed by atoms with Gasteiger partial charge in [-0.2, -0.15) is 4.98 Å². The summed E-state index contributed by atoms with van der Waals surface area (Å²) in [5.74, 6) is 2.56. The molecule has 3 atom stereocenters. The molecule has 2 aliphatic carbocycles. The molecule has 2 heterocycles. The van der Waals surface area contributed by atoms with Crippen molar-refractivity contribution in [2.45, 2.75) is 116 Å². The molecule has 1 aliphatic heterocycles. The van der Waals surface area contributed by atoms with Gasteiger partial charge in [0.2, 0.25) is 5.88 Å². The van der Waals surface area contributed by atoms with E-state index in [2.05, 4.69) is 53.5 Å². The lowest BCUT2D eigenvalue weighted by atomic mass is 9.47. The molecule has 0 saturated heterocycles. The third-order valence-electron chi connectivity index (χ3n) is 9.47. The maximum atomic E-state index is 13.6. The van der Waals surface area contributed by atoms with Crippen LogP contribution in [-0.2, 0) is 10.8 Å². The fraction of sp³-hybridized carbons (Fsp3) is 0.840. The van der Waals surface area contributed by atoms with Crippen molar-refractivity contribution in [3.8, 4) is 5.88 Å². The molecule has 0 amide bonds. The molecule has 0 bridgehead atoms. The summed E-state index contributed by atoms with van der Waals surface area (Å²) in [4.78, 5) is 21.8. The zero-order valence-corrected chi connectivity index (χ0v) is 19.6. The number of rotatable bonds is 2. The van der Waals surface area contributed by atoms with Gasteiger partial charge in [0.05, 0.1) is 5.56 Å². The molecule has 3 aliphatic rings. The van der Waals surface area contributed by atoms with Gasteiger partial charge in [-0.25, -0.2) is 0 Å². The van der Waals surface area contributed by atoms with Gasteiger partial charge in [-0.15, -0.1) is 0 Å².